The maximum Gasteiger partial charge on any atom is 0.269 e. The van der Waals surface area contributed by atoms with Crippen LogP contribution in [0.5, 0.6) is 5.75 Å². The summed E-state index contributed by atoms with van der Waals surface area (Å²) in [5.74, 6) is 0.245. The maximum absolute atomic E-state index is 12.9. The lowest BCUT2D eigenvalue weighted by atomic mass is 10.0. The van der Waals surface area contributed by atoms with E-state index in [1.807, 2.05) is 42.5 Å². The predicted molar refractivity (Wildman–Crippen MR) is 105 cm³/mol. The van der Waals surface area contributed by atoms with Crippen LogP contribution in [0.4, 0.5) is 0 Å². The summed E-state index contributed by atoms with van der Waals surface area (Å²) in [6, 6.07) is 20.5. The van der Waals surface area contributed by atoms with Gasteiger partial charge in [-0.3, -0.25) is 14.5 Å². The van der Waals surface area contributed by atoms with Crippen molar-refractivity contribution in [3.8, 4) is 5.75 Å². The Morgan fingerprint density at radius 1 is 1.07 bits per heavy atom. The highest BCUT2D eigenvalue weighted by atomic mass is 16.6. The van der Waals surface area contributed by atoms with Crippen LogP contribution < -0.4 is 4.74 Å². The van der Waals surface area contributed by atoms with Crippen molar-refractivity contribution >= 4 is 28.3 Å². The summed E-state index contributed by atoms with van der Waals surface area (Å²) >= 11 is 0. The molecular formula is C22H18N2O4. The zero-order valence-corrected chi connectivity index (χ0v) is 15.3. The lowest BCUT2D eigenvalue weighted by Gasteiger charge is -2.27. The summed E-state index contributed by atoms with van der Waals surface area (Å²) < 4.78 is 5.27. The lowest BCUT2D eigenvalue weighted by Crippen LogP contribution is -2.45. The fourth-order valence-electron chi connectivity index (χ4n) is 3.28. The van der Waals surface area contributed by atoms with E-state index in [9.17, 15) is 9.59 Å². The van der Waals surface area contributed by atoms with E-state index in [0.29, 0.717) is 17.1 Å². The van der Waals surface area contributed by atoms with Gasteiger partial charge in [-0.2, -0.15) is 0 Å². The summed E-state index contributed by atoms with van der Waals surface area (Å²) in [5, 5.41) is 6.05. The van der Waals surface area contributed by atoms with Gasteiger partial charge in [-0.15, -0.1) is 0 Å². The molecule has 0 bridgehead atoms. The molecule has 0 spiro atoms. The second-order valence-electron chi connectivity index (χ2n) is 6.32. The molecule has 0 saturated carbocycles. The van der Waals surface area contributed by atoms with E-state index >= 15 is 0 Å². The summed E-state index contributed by atoms with van der Waals surface area (Å²) in [5.41, 5.74) is 1.15. The Labute approximate surface area is 162 Å². The minimum Gasteiger partial charge on any atom is -0.496 e. The number of amides is 1. The molecule has 140 valence electrons. The molecule has 3 aromatic carbocycles. The largest absolute Gasteiger partial charge is 0.496 e. The van der Waals surface area contributed by atoms with Gasteiger partial charge in [-0.1, -0.05) is 59.8 Å². The highest BCUT2D eigenvalue weighted by Crippen LogP contribution is 2.23. The molecule has 0 aliphatic carbocycles. The molecule has 0 saturated heterocycles. The van der Waals surface area contributed by atoms with E-state index in [1.165, 1.54) is 12.0 Å². The standard InChI is InChI=1S/C22H18N2O4/c1-27-20-12-5-4-10-18(20)19(25)13-24-21(26)14-28-23-22(24)17-11-6-8-15-7-2-3-9-16(15)17/h2-12H,13-14H2,1H3. The number of oxime groups is 1. The molecule has 6 nitrogen and oxygen atoms in total. The number of benzene rings is 3. The van der Waals surface area contributed by atoms with Crippen LogP contribution in [-0.2, 0) is 9.63 Å². The van der Waals surface area contributed by atoms with Gasteiger partial charge in [0.05, 0.1) is 19.2 Å². The van der Waals surface area contributed by atoms with Crippen LogP contribution in [0.15, 0.2) is 71.9 Å². The minimum absolute atomic E-state index is 0.148. The molecule has 0 aromatic heterocycles. The Morgan fingerprint density at radius 2 is 1.82 bits per heavy atom. The van der Waals surface area contributed by atoms with Crippen molar-refractivity contribution in [2.24, 2.45) is 5.16 Å². The van der Waals surface area contributed by atoms with Gasteiger partial charge in [-0.25, -0.2) is 0 Å². The molecule has 0 fully saturated rings. The third-order valence-corrected chi connectivity index (χ3v) is 4.64. The van der Waals surface area contributed by atoms with Gasteiger partial charge in [0.15, 0.2) is 18.2 Å². The monoisotopic (exact) mass is 374 g/mol. The predicted octanol–water partition coefficient (Wildman–Crippen LogP) is 3.25. The Balaban J connectivity index is 1.72. The van der Waals surface area contributed by atoms with Crippen molar-refractivity contribution in [1.82, 2.24) is 4.90 Å². The molecule has 4 rings (SSSR count). The van der Waals surface area contributed by atoms with Gasteiger partial charge >= 0.3 is 0 Å². The van der Waals surface area contributed by atoms with Gasteiger partial charge in [-0.05, 0) is 22.9 Å². The number of methoxy groups -OCH3 is 1. The van der Waals surface area contributed by atoms with E-state index in [0.717, 1.165) is 16.3 Å². The first-order valence-corrected chi connectivity index (χ1v) is 8.83. The molecule has 1 aliphatic rings. The molecule has 0 atom stereocenters. The lowest BCUT2D eigenvalue weighted by molar-refractivity contribution is -0.134. The van der Waals surface area contributed by atoms with Gasteiger partial charge in [0, 0.05) is 5.56 Å². The van der Waals surface area contributed by atoms with Crippen molar-refractivity contribution in [2.45, 2.75) is 0 Å². The van der Waals surface area contributed by atoms with Crippen LogP contribution in [0.25, 0.3) is 10.8 Å². The second-order valence-corrected chi connectivity index (χ2v) is 6.32. The zero-order valence-electron chi connectivity index (χ0n) is 15.3. The number of ether oxygens (including phenoxy) is 1. The quantitative estimate of drug-likeness (QED) is 0.643. The number of Topliss-reactive ketones (excluding diaryl/α,β-unsaturated/α-hetero) is 1. The van der Waals surface area contributed by atoms with Gasteiger partial charge < -0.3 is 9.57 Å². The third kappa shape index (κ3) is 3.20. The number of para-hydroxylation sites is 1. The molecule has 0 unspecified atom stereocenters. The zero-order chi connectivity index (χ0) is 19.5. The average molecular weight is 374 g/mol. The topological polar surface area (TPSA) is 68.2 Å². The van der Waals surface area contributed by atoms with Crippen molar-refractivity contribution in [1.29, 1.82) is 0 Å². The minimum atomic E-state index is -0.318. The molecule has 3 aromatic rings. The average Bonchev–Trinajstić information content (AvgIpc) is 2.74. The number of fused-ring (bicyclic) bond motifs is 1. The van der Waals surface area contributed by atoms with Crippen molar-refractivity contribution in [3.63, 3.8) is 0 Å². The molecule has 1 heterocycles. The summed E-state index contributed by atoms with van der Waals surface area (Å²) in [6.07, 6.45) is 0. The number of nitrogens with zero attached hydrogens (tertiary/aromatic N) is 2. The number of rotatable bonds is 5. The maximum atomic E-state index is 12.9. The fraction of sp³-hybridized carbons (Fsp3) is 0.136. The Hall–Kier alpha value is -3.67. The van der Waals surface area contributed by atoms with Gasteiger partial charge in [0.2, 0.25) is 0 Å². The molecule has 0 radical (unpaired) electrons. The highest BCUT2D eigenvalue weighted by Gasteiger charge is 2.30. The van der Waals surface area contributed by atoms with E-state index in [4.69, 9.17) is 9.57 Å². The van der Waals surface area contributed by atoms with Crippen molar-refractivity contribution < 1.29 is 19.2 Å². The summed E-state index contributed by atoms with van der Waals surface area (Å²) in [6.45, 7) is -0.349. The molecule has 1 aliphatic heterocycles. The first-order chi connectivity index (χ1) is 13.7. The Bertz CT molecular complexity index is 1090. The number of carbonyl (C=O) groups is 2. The number of carbonyl (C=O) groups excluding carboxylic acids is 2. The van der Waals surface area contributed by atoms with E-state index in [2.05, 4.69) is 5.16 Å². The number of amidine groups is 1. The van der Waals surface area contributed by atoms with E-state index in [-0.39, 0.29) is 24.8 Å². The number of hydrogen-bond donors (Lipinski definition) is 0. The highest BCUT2D eigenvalue weighted by molar-refractivity contribution is 6.17. The van der Waals surface area contributed by atoms with Crippen LogP contribution in [0, 0.1) is 0 Å². The first-order valence-electron chi connectivity index (χ1n) is 8.83. The van der Waals surface area contributed by atoms with Gasteiger partial charge in [0.25, 0.3) is 5.91 Å². The number of hydrogen-bond acceptors (Lipinski definition) is 5. The summed E-state index contributed by atoms with van der Waals surface area (Å²) in [4.78, 5) is 32.0. The molecule has 28 heavy (non-hydrogen) atoms. The number of ketones is 1. The fourth-order valence-corrected chi connectivity index (χ4v) is 3.28. The third-order valence-electron chi connectivity index (χ3n) is 4.64. The second kappa shape index (κ2) is 7.52. The van der Waals surface area contributed by atoms with Crippen molar-refractivity contribution in [3.05, 3.63) is 77.9 Å². The normalized spacial score (nSPS) is 13.8. The van der Waals surface area contributed by atoms with Crippen LogP contribution >= 0.6 is 0 Å². The Kier molecular flexibility index (Phi) is 4.76. The van der Waals surface area contributed by atoms with Gasteiger partial charge in [0.1, 0.15) is 5.75 Å². The molecule has 0 N–H and O–H groups in total. The SMILES string of the molecule is COc1ccccc1C(=O)CN1C(=O)CON=C1c1cccc2ccccc12. The molecule has 1 amide bonds. The first kappa shape index (κ1) is 17.7. The molecule has 6 heteroatoms. The Morgan fingerprint density at radius 3 is 2.68 bits per heavy atom. The van der Waals surface area contributed by atoms with Crippen LogP contribution in [-0.4, -0.2) is 42.7 Å². The van der Waals surface area contributed by atoms with Crippen LogP contribution in [0.1, 0.15) is 15.9 Å². The van der Waals surface area contributed by atoms with Crippen LogP contribution in [0.2, 0.25) is 0 Å². The van der Waals surface area contributed by atoms with E-state index < -0.39 is 0 Å². The summed E-state index contributed by atoms with van der Waals surface area (Å²) in [7, 11) is 1.51. The van der Waals surface area contributed by atoms with Crippen LogP contribution in [0.3, 0.4) is 0 Å². The van der Waals surface area contributed by atoms with Crippen molar-refractivity contribution in [2.75, 3.05) is 20.3 Å². The molecular weight excluding hydrogens is 356 g/mol. The smallest absolute Gasteiger partial charge is 0.269 e. The van der Waals surface area contributed by atoms with E-state index in [1.54, 1.807) is 24.3 Å².